The van der Waals surface area contributed by atoms with E-state index in [1.807, 2.05) is 75.4 Å². The molecular weight excluding hydrogens is 418 g/mol. The van der Waals surface area contributed by atoms with Gasteiger partial charge in [-0.05, 0) is 34.1 Å². The number of aliphatic carboxylic acids is 1. The summed E-state index contributed by atoms with van der Waals surface area (Å²) in [4.78, 5) is 24.9. The normalized spacial score (nSPS) is 13.8. The van der Waals surface area contributed by atoms with Gasteiger partial charge in [-0.15, -0.1) is 0 Å². The summed E-state index contributed by atoms with van der Waals surface area (Å²) < 4.78 is 11.7. The van der Waals surface area contributed by atoms with Crippen LogP contribution in [0.15, 0.2) is 54.6 Å². The molecule has 0 aliphatic carbocycles. The first-order chi connectivity index (χ1) is 15.3. The Hall–Kier alpha value is -2.86. The first-order valence-corrected chi connectivity index (χ1v) is 11.3. The Kier molecular flexibility index (Phi) is 9.06. The van der Waals surface area contributed by atoms with E-state index in [-0.39, 0.29) is 18.4 Å². The molecule has 0 radical (unpaired) electrons. The van der Waals surface area contributed by atoms with Crippen molar-refractivity contribution in [3.8, 4) is 5.75 Å². The van der Waals surface area contributed by atoms with Crippen molar-refractivity contribution < 1.29 is 24.2 Å². The van der Waals surface area contributed by atoms with Crippen LogP contribution in [0, 0.1) is 10.8 Å². The molecule has 2 aromatic rings. The van der Waals surface area contributed by atoms with E-state index in [9.17, 15) is 14.7 Å². The summed E-state index contributed by atoms with van der Waals surface area (Å²) >= 11 is 0. The Balaban J connectivity index is 2.03. The summed E-state index contributed by atoms with van der Waals surface area (Å²) in [5.74, 6) is -0.796. The molecule has 0 aliphatic rings. The van der Waals surface area contributed by atoms with Gasteiger partial charge in [-0.25, -0.2) is 4.79 Å². The van der Waals surface area contributed by atoms with E-state index < -0.39 is 29.4 Å². The molecular formula is C27H37NO5. The van der Waals surface area contributed by atoms with E-state index in [4.69, 9.17) is 9.47 Å². The standard InChI is InChI=1S/C27H37NO5/c1-26(2,3)18-33-21-14-12-19(13-15-21)16-22(25(30)31)28-24(29)23(27(4,5)6)32-17-20-10-8-7-9-11-20/h7-15,22-23H,16-18H2,1-6H3,(H,28,29)(H,30,31)/t22-,23+/m0/s1. The van der Waals surface area contributed by atoms with Gasteiger partial charge in [-0.3, -0.25) is 4.79 Å². The SMILES string of the molecule is CC(C)(C)COc1ccc(C[C@H](NC(=O)[C@@H](OCc2ccccc2)C(C)(C)C)C(=O)O)cc1. The Morgan fingerprint density at radius 2 is 1.52 bits per heavy atom. The molecule has 0 aromatic heterocycles. The largest absolute Gasteiger partial charge is 0.493 e. The number of rotatable bonds is 10. The van der Waals surface area contributed by atoms with Crippen molar-refractivity contribution in [2.45, 2.75) is 66.7 Å². The molecule has 0 heterocycles. The van der Waals surface area contributed by atoms with E-state index in [2.05, 4.69) is 26.1 Å². The minimum atomic E-state index is -1.09. The smallest absolute Gasteiger partial charge is 0.326 e. The van der Waals surface area contributed by atoms with Crippen molar-refractivity contribution in [3.05, 3.63) is 65.7 Å². The molecule has 6 heteroatoms. The number of carbonyl (C=O) groups is 2. The van der Waals surface area contributed by atoms with E-state index in [1.165, 1.54) is 0 Å². The molecule has 0 saturated heterocycles. The highest BCUT2D eigenvalue weighted by atomic mass is 16.5. The molecule has 33 heavy (non-hydrogen) atoms. The van der Waals surface area contributed by atoms with E-state index in [0.29, 0.717) is 6.61 Å². The molecule has 2 aromatic carbocycles. The lowest BCUT2D eigenvalue weighted by atomic mass is 9.88. The zero-order valence-electron chi connectivity index (χ0n) is 20.6. The second kappa shape index (κ2) is 11.3. The molecule has 0 unspecified atom stereocenters. The van der Waals surface area contributed by atoms with Crippen LogP contribution in [-0.2, 0) is 27.4 Å². The summed E-state index contributed by atoms with van der Waals surface area (Å²) in [7, 11) is 0. The molecule has 2 N–H and O–H groups in total. The van der Waals surface area contributed by atoms with Gasteiger partial charge in [-0.1, -0.05) is 84.0 Å². The van der Waals surface area contributed by atoms with Crippen LogP contribution in [0.2, 0.25) is 0 Å². The van der Waals surface area contributed by atoms with Crippen molar-refractivity contribution in [2.75, 3.05) is 6.61 Å². The Morgan fingerprint density at radius 3 is 2.03 bits per heavy atom. The number of carbonyl (C=O) groups excluding carboxylic acids is 1. The molecule has 2 atom stereocenters. The zero-order chi connectivity index (χ0) is 24.6. The van der Waals surface area contributed by atoms with E-state index >= 15 is 0 Å². The molecule has 6 nitrogen and oxygen atoms in total. The lowest BCUT2D eigenvalue weighted by Gasteiger charge is -2.30. The van der Waals surface area contributed by atoms with Crippen LogP contribution in [-0.4, -0.2) is 35.7 Å². The molecule has 2 rings (SSSR count). The van der Waals surface area contributed by atoms with Crippen molar-refractivity contribution in [2.24, 2.45) is 10.8 Å². The number of amides is 1. The van der Waals surface area contributed by atoms with Crippen LogP contribution < -0.4 is 10.1 Å². The number of benzene rings is 2. The van der Waals surface area contributed by atoms with Crippen molar-refractivity contribution in [3.63, 3.8) is 0 Å². The van der Waals surface area contributed by atoms with E-state index in [1.54, 1.807) is 0 Å². The third kappa shape index (κ3) is 9.26. The lowest BCUT2D eigenvalue weighted by Crippen LogP contribution is -2.51. The average molecular weight is 456 g/mol. The summed E-state index contributed by atoms with van der Waals surface area (Å²) in [6, 6.07) is 15.8. The first-order valence-electron chi connectivity index (χ1n) is 11.3. The van der Waals surface area contributed by atoms with Crippen LogP contribution in [0.3, 0.4) is 0 Å². The quantitative estimate of drug-likeness (QED) is 0.535. The molecule has 180 valence electrons. The Morgan fingerprint density at radius 1 is 0.909 bits per heavy atom. The molecule has 0 spiro atoms. The van der Waals surface area contributed by atoms with Crippen molar-refractivity contribution in [1.82, 2.24) is 5.32 Å². The molecule has 0 saturated carbocycles. The minimum absolute atomic E-state index is 0.0452. The fourth-order valence-electron chi connectivity index (χ4n) is 3.18. The molecule has 0 aliphatic heterocycles. The van der Waals surface area contributed by atoms with Crippen LogP contribution in [0.1, 0.15) is 52.7 Å². The maximum absolute atomic E-state index is 13.0. The number of ether oxygens (including phenoxy) is 2. The van der Waals surface area contributed by atoms with Crippen molar-refractivity contribution in [1.29, 1.82) is 0 Å². The summed E-state index contributed by atoms with van der Waals surface area (Å²) in [6.45, 7) is 12.8. The van der Waals surface area contributed by atoms with Crippen LogP contribution in [0.4, 0.5) is 0 Å². The van der Waals surface area contributed by atoms with Gasteiger partial charge in [0.05, 0.1) is 13.2 Å². The van der Waals surface area contributed by atoms with Crippen molar-refractivity contribution >= 4 is 11.9 Å². The lowest BCUT2D eigenvalue weighted by molar-refractivity contribution is -0.148. The van der Waals surface area contributed by atoms with Gasteiger partial charge < -0.3 is 19.9 Å². The van der Waals surface area contributed by atoms with Gasteiger partial charge in [0.25, 0.3) is 0 Å². The fourth-order valence-corrected chi connectivity index (χ4v) is 3.18. The summed E-state index contributed by atoms with van der Waals surface area (Å²) in [5.41, 5.74) is 1.28. The Bertz CT molecular complexity index is 895. The van der Waals surface area contributed by atoms with Gasteiger partial charge in [0.15, 0.2) is 0 Å². The van der Waals surface area contributed by atoms with Gasteiger partial charge in [0.2, 0.25) is 5.91 Å². The second-order valence-corrected chi connectivity index (χ2v) is 10.6. The number of carboxylic acid groups (broad SMARTS) is 1. The fraction of sp³-hybridized carbons (Fsp3) is 0.481. The predicted octanol–water partition coefficient (Wildman–Crippen LogP) is 4.85. The predicted molar refractivity (Wildman–Crippen MR) is 129 cm³/mol. The van der Waals surface area contributed by atoms with Crippen LogP contribution in [0.25, 0.3) is 0 Å². The summed E-state index contributed by atoms with van der Waals surface area (Å²) in [5, 5.41) is 12.4. The monoisotopic (exact) mass is 455 g/mol. The first kappa shape index (κ1) is 26.4. The maximum Gasteiger partial charge on any atom is 0.326 e. The average Bonchev–Trinajstić information content (AvgIpc) is 2.72. The highest BCUT2D eigenvalue weighted by molar-refractivity contribution is 5.87. The highest BCUT2D eigenvalue weighted by Gasteiger charge is 2.34. The third-order valence-electron chi connectivity index (χ3n) is 4.93. The number of hydrogen-bond donors (Lipinski definition) is 2. The number of hydrogen-bond acceptors (Lipinski definition) is 4. The zero-order valence-corrected chi connectivity index (χ0v) is 20.6. The number of nitrogens with one attached hydrogen (secondary N) is 1. The van der Waals surface area contributed by atoms with Gasteiger partial charge in [-0.2, -0.15) is 0 Å². The molecule has 0 bridgehead atoms. The Labute approximate surface area is 197 Å². The molecule has 0 fully saturated rings. The minimum Gasteiger partial charge on any atom is -0.493 e. The third-order valence-corrected chi connectivity index (χ3v) is 4.93. The maximum atomic E-state index is 13.0. The number of carboxylic acids is 1. The topological polar surface area (TPSA) is 84.9 Å². The van der Waals surface area contributed by atoms with Crippen LogP contribution >= 0.6 is 0 Å². The van der Waals surface area contributed by atoms with E-state index in [0.717, 1.165) is 16.9 Å². The highest BCUT2D eigenvalue weighted by Crippen LogP contribution is 2.24. The van der Waals surface area contributed by atoms with Gasteiger partial charge in [0, 0.05) is 6.42 Å². The van der Waals surface area contributed by atoms with Crippen LogP contribution in [0.5, 0.6) is 5.75 Å². The van der Waals surface area contributed by atoms with Gasteiger partial charge >= 0.3 is 5.97 Å². The second-order valence-electron chi connectivity index (χ2n) is 10.6. The van der Waals surface area contributed by atoms with Gasteiger partial charge in [0.1, 0.15) is 17.9 Å². The summed E-state index contributed by atoms with van der Waals surface area (Å²) in [6.07, 6.45) is -0.636. The molecule has 1 amide bonds.